The number of nitrogen functional groups attached to an aromatic ring is 1. The number of aromatic nitrogens is 2. The fourth-order valence-corrected chi connectivity index (χ4v) is 3.04. The van der Waals surface area contributed by atoms with Crippen molar-refractivity contribution in [2.24, 2.45) is 5.84 Å². The highest BCUT2D eigenvalue weighted by molar-refractivity contribution is 7.99. The summed E-state index contributed by atoms with van der Waals surface area (Å²) in [7, 11) is 0. The van der Waals surface area contributed by atoms with E-state index in [0.717, 1.165) is 16.6 Å². The Balaban J connectivity index is 1.97. The fourth-order valence-electron chi connectivity index (χ4n) is 2.29. The van der Waals surface area contributed by atoms with Gasteiger partial charge in [-0.05, 0) is 38.9 Å². The summed E-state index contributed by atoms with van der Waals surface area (Å²) in [6, 6.07) is 0.521. The lowest BCUT2D eigenvalue weighted by Crippen LogP contribution is -2.28. The van der Waals surface area contributed by atoms with Crippen molar-refractivity contribution in [3.8, 4) is 0 Å². The van der Waals surface area contributed by atoms with Gasteiger partial charge < -0.3 is 5.32 Å². The number of anilines is 2. The van der Waals surface area contributed by atoms with E-state index in [2.05, 4.69) is 27.0 Å². The summed E-state index contributed by atoms with van der Waals surface area (Å²) >= 11 is 1.98. The van der Waals surface area contributed by atoms with Gasteiger partial charge in [-0.2, -0.15) is 16.7 Å². The Hall–Kier alpha value is -1.01. The maximum atomic E-state index is 5.33. The molecule has 1 fully saturated rings. The summed E-state index contributed by atoms with van der Waals surface area (Å²) in [6.45, 7) is 2.01. The number of rotatable bonds is 4. The molecule has 1 saturated carbocycles. The van der Waals surface area contributed by atoms with Crippen LogP contribution < -0.4 is 16.6 Å². The summed E-state index contributed by atoms with van der Waals surface area (Å²) in [5, 5.41) is 4.34. The predicted octanol–water partition coefficient (Wildman–Crippen LogP) is 2.16. The first-order valence-corrected chi connectivity index (χ1v) is 7.61. The Morgan fingerprint density at radius 2 is 2.06 bits per heavy atom. The van der Waals surface area contributed by atoms with Gasteiger partial charge in [0.05, 0.1) is 0 Å². The maximum absolute atomic E-state index is 5.33. The molecule has 1 aliphatic rings. The van der Waals surface area contributed by atoms with E-state index in [1.54, 1.807) is 6.20 Å². The molecule has 5 nitrogen and oxygen atoms in total. The minimum Gasteiger partial charge on any atom is -0.367 e. The Bertz CT molecular complexity index is 390. The van der Waals surface area contributed by atoms with Crippen LogP contribution in [-0.4, -0.2) is 27.5 Å². The normalized spacial score (nSPS) is 23.7. The molecule has 18 heavy (non-hydrogen) atoms. The predicted molar refractivity (Wildman–Crippen MR) is 77.8 cm³/mol. The van der Waals surface area contributed by atoms with Gasteiger partial charge >= 0.3 is 0 Å². The van der Waals surface area contributed by atoms with E-state index in [4.69, 9.17) is 5.84 Å². The number of hydrogen-bond acceptors (Lipinski definition) is 6. The van der Waals surface area contributed by atoms with E-state index in [1.807, 2.05) is 18.7 Å². The van der Waals surface area contributed by atoms with Gasteiger partial charge in [0.15, 0.2) is 0 Å². The van der Waals surface area contributed by atoms with E-state index >= 15 is 0 Å². The molecule has 2 rings (SSSR count). The number of hydrazine groups is 1. The molecule has 0 saturated heterocycles. The molecule has 0 bridgehead atoms. The standard InChI is InChI=1S/C12H21N5S/c1-8-7-14-12(17-13)16-11(8)15-9-3-5-10(18-2)6-4-9/h7,9-10H,3-6,13H2,1-2H3,(H2,14,15,16,17). The second-order valence-electron chi connectivity index (χ2n) is 4.72. The van der Waals surface area contributed by atoms with Crippen molar-refractivity contribution in [1.82, 2.24) is 9.97 Å². The molecule has 1 heterocycles. The van der Waals surface area contributed by atoms with Crippen LogP contribution in [0.5, 0.6) is 0 Å². The van der Waals surface area contributed by atoms with Gasteiger partial charge in [-0.15, -0.1) is 0 Å². The molecular weight excluding hydrogens is 246 g/mol. The van der Waals surface area contributed by atoms with Crippen LogP contribution in [-0.2, 0) is 0 Å². The maximum Gasteiger partial charge on any atom is 0.239 e. The van der Waals surface area contributed by atoms with Crippen molar-refractivity contribution < 1.29 is 0 Å². The molecule has 4 N–H and O–H groups in total. The highest BCUT2D eigenvalue weighted by Gasteiger charge is 2.21. The Labute approximate surface area is 112 Å². The van der Waals surface area contributed by atoms with Gasteiger partial charge in [0, 0.05) is 23.1 Å². The second-order valence-corrected chi connectivity index (χ2v) is 5.86. The fraction of sp³-hybridized carbons (Fsp3) is 0.667. The monoisotopic (exact) mass is 267 g/mol. The molecule has 0 aliphatic heterocycles. The van der Waals surface area contributed by atoms with Crippen LogP contribution in [0.25, 0.3) is 0 Å². The third-order valence-corrected chi connectivity index (χ3v) is 4.59. The topological polar surface area (TPSA) is 75.9 Å². The first kappa shape index (κ1) is 13.4. The molecule has 0 spiro atoms. The lowest BCUT2D eigenvalue weighted by molar-refractivity contribution is 0.472. The average molecular weight is 267 g/mol. The molecule has 0 amide bonds. The minimum absolute atomic E-state index is 0.459. The quantitative estimate of drug-likeness (QED) is 0.573. The third kappa shape index (κ3) is 3.26. The van der Waals surface area contributed by atoms with Crippen molar-refractivity contribution in [2.45, 2.75) is 43.9 Å². The first-order valence-electron chi connectivity index (χ1n) is 6.32. The van der Waals surface area contributed by atoms with Crippen LogP contribution in [0.1, 0.15) is 31.2 Å². The Morgan fingerprint density at radius 3 is 2.67 bits per heavy atom. The van der Waals surface area contributed by atoms with Gasteiger partial charge in [-0.1, -0.05) is 0 Å². The van der Waals surface area contributed by atoms with Gasteiger partial charge in [-0.3, -0.25) is 5.43 Å². The molecule has 6 heteroatoms. The van der Waals surface area contributed by atoms with Gasteiger partial charge in [0.25, 0.3) is 0 Å². The summed E-state index contributed by atoms with van der Waals surface area (Å²) in [4.78, 5) is 8.45. The highest BCUT2D eigenvalue weighted by Crippen LogP contribution is 2.28. The second kappa shape index (κ2) is 6.24. The average Bonchev–Trinajstić information content (AvgIpc) is 2.42. The van der Waals surface area contributed by atoms with Crippen molar-refractivity contribution >= 4 is 23.5 Å². The smallest absolute Gasteiger partial charge is 0.239 e. The van der Waals surface area contributed by atoms with E-state index in [0.29, 0.717) is 12.0 Å². The van der Waals surface area contributed by atoms with Gasteiger partial charge in [0.2, 0.25) is 5.95 Å². The van der Waals surface area contributed by atoms with Crippen LogP contribution in [0, 0.1) is 6.92 Å². The molecule has 1 aromatic heterocycles. The van der Waals surface area contributed by atoms with Crippen LogP contribution in [0.15, 0.2) is 6.20 Å². The lowest BCUT2D eigenvalue weighted by Gasteiger charge is -2.28. The van der Waals surface area contributed by atoms with E-state index in [-0.39, 0.29) is 0 Å². The number of thioether (sulfide) groups is 1. The number of nitrogens with zero attached hydrogens (tertiary/aromatic N) is 2. The van der Waals surface area contributed by atoms with Crippen molar-refractivity contribution in [3.63, 3.8) is 0 Å². The van der Waals surface area contributed by atoms with Crippen LogP contribution in [0.3, 0.4) is 0 Å². The highest BCUT2D eigenvalue weighted by atomic mass is 32.2. The van der Waals surface area contributed by atoms with Crippen LogP contribution in [0.2, 0.25) is 0 Å². The largest absolute Gasteiger partial charge is 0.367 e. The molecule has 0 aromatic carbocycles. The van der Waals surface area contributed by atoms with E-state index in [1.165, 1.54) is 25.7 Å². The summed E-state index contributed by atoms with van der Waals surface area (Å²) < 4.78 is 0. The van der Waals surface area contributed by atoms with Crippen molar-refractivity contribution in [1.29, 1.82) is 0 Å². The first-order chi connectivity index (χ1) is 8.72. The van der Waals surface area contributed by atoms with Crippen LogP contribution in [0.4, 0.5) is 11.8 Å². The molecular formula is C12H21N5S. The Kier molecular flexibility index (Phi) is 4.66. The SMILES string of the molecule is CSC1CCC(Nc2nc(NN)ncc2C)CC1. The van der Waals surface area contributed by atoms with E-state index < -0.39 is 0 Å². The third-order valence-electron chi connectivity index (χ3n) is 3.45. The molecule has 1 aliphatic carbocycles. The number of nitrogens with two attached hydrogens (primary N) is 1. The summed E-state index contributed by atoms with van der Waals surface area (Å²) in [5.41, 5.74) is 3.54. The number of hydrogen-bond donors (Lipinski definition) is 3. The molecule has 0 radical (unpaired) electrons. The summed E-state index contributed by atoms with van der Waals surface area (Å²) in [5.74, 6) is 6.69. The molecule has 0 unspecified atom stereocenters. The lowest BCUT2D eigenvalue weighted by atomic mass is 9.95. The van der Waals surface area contributed by atoms with E-state index in [9.17, 15) is 0 Å². The zero-order chi connectivity index (χ0) is 13.0. The molecule has 0 atom stereocenters. The van der Waals surface area contributed by atoms with Crippen molar-refractivity contribution in [3.05, 3.63) is 11.8 Å². The zero-order valence-electron chi connectivity index (χ0n) is 10.9. The Morgan fingerprint density at radius 1 is 1.33 bits per heavy atom. The van der Waals surface area contributed by atoms with Gasteiger partial charge in [-0.25, -0.2) is 10.8 Å². The minimum atomic E-state index is 0.459. The van der Waals surface area contributed by atoms with Crippen molar-refractivity contribution in [2.75, 3.05) is 17.0 Å². The van der Waals surface area contributed by atoms with Gasteiger partial charge in [0.1, 0.15) is 5.82 Å². The zero-order valence-corrected chi connectivity index (χ0v) is 11.8. The molecule has 100 valence electrons. The number of aryl methyl sites for hydroxylation is 1. The molecule has 1 aromatic rings. The van der Waals surface area contributed by atoms with Crippen LogP contribution >= 0.6 is 11.8 Å². The number of nitrogens with one attached hydrogen (secondary N) is 2. The summed E-state index contributed by atoms with van der Waals surface area (Å²) in [6.07, 6.45) is 8.97.